The van der Waals surface area contributed by atoms with Crippen molar-refractivity contribution in [3.63, 3.8) is 0 Å². The minimum Gasteiger partial charge on any atom is -0.352 e. The molecule has 0 atom stereocenters. The Labute approximate surface area is 114 Å². The van der Waals surface area contributed by atoms with E-state index in [1.54, 1.807) is 23.6 Å². The number of nitrogens with zero attached hydrogens (tertiary/aromatic N) is 2. The third kappa shape index (κ3) is 3.27. The SMILES string of the molecule is Cc1nc(CCNC(=O)c2cnccc2Cl)cs1. The van der Waals surface area contributed by atoms with Gasteiger partial charge in [0.1, 0.15) is 0 Å². The number of carbonyl (C=O) groups is 1. The average molecular weight is 282 g/mol. The number of rotatable bonds is 4. The number of halogens is 1. The molecule has 2 rings (SSSR count). The van der Waals surface area contributed by atoms with Gasteiger partial charge in [-0.25, -0.2) is 4.98 Å². The molecule has 0 spiro atoms. The monoisotopic (exact) mass is 281 g/mol. The fourth-order valence-corrected chi connectivity index (χ4v) is 2.31. The van der Waals surface area contributed by atoms with Gasteiger partial charge >= 0.3 is 0 Å². The lowest BCUT2D eigenvalue weighted by Gasteiger charge is -2.04. The van der Waals surface area contributed by atoms with Crippen molar-refractivity contribution in [1.82, 2.24) is 15.3 Å². The summed E-state index contributed by atoms with van der Waals surface area (Å²) < 4.78 is 0. The summed E-state index contributed by atoms with van der Waals surface area (Å²) in [6.07, 6.45) is 3.73. The van der Waals surface area contributed by atoms with Gasteiger partial charge in [-0.3, -0.25) is 9.78 Å². The number of nitrogens with one attached hydrogen (secondary N) is 1. The van der Waals surface area contributed by atoms with E-state index < -0.39 is 0 Å². The molecule has 0 aromatic carbocycles. The molecule has 0 aliphatic rings. The molecule has 0 aliphatic carbocycles. The molecule has 2 aromatic heterocycles. The summed E-state index contributed by atoms with van der Waals surface area (Å²) in [6, 6.07) is 1.60. The van der Waals surface area contributed by atoms with Gasteiger partial charge in [0.2, 0.25) is 0 Å². The average Bonchev–Trinajstić information content (AvgIpc) is 2.75. The number of pyridine rings is 1. The molecule has 2 aromatic rings. The normalized spacial score (nSPS) is 10.3. The van der Waals surface area contributed by atoms with Gasteiger partial charge in [-0.15, -0.1) is 11.3 Å². The molecule has 6 heteroatoms. The Morgan fingerprint density at radius 1 is 1.56 bits per heavy atom. The molecule has 94 valence electrons. The van der Waals surface area contributed by atoms with E-state index in [1.807, 2.05) is 12.3 Å². The highest BCUT2D eigenvalue weighted by molar-refractivity contribution is 7.09. The van der Waals surface area contributed by atoms with Crippen LogP contribution in [-0.4, -0.2) is 22.4 Å². The van der Waals surface area contributed by atoms with Crippen LogP contribution in [0.3, 0.4) is 0 Å². The third-order valence-electron chi connectivity index (χ3n) is 2.35. The minimum atomic E-state index is -0.208. The second-order valence-electron chi connectivity index (χ2n) is 3.72. The summed E-state index contributed by atoms with van der Waals surface area (Å²) in [7, 11) is 0. The van der Waals surface area contributed by atoms with E-state index in [2.05, 4.69) is 15.3 Å². The molecule has 0 radical (unpaired) electrons. The highest BCUT2D eigenvalue weighted by Gasteiger charge is 2.09. The van der Waals surface area contributed by atoms with E-state index in [1.165, 1.54) is 6.20 Å². The zero-order chi connectivity index (χ0) is 13.0. The van der Waals surface area contributed by atoms with Gasteiger partial charge < -0.3 is 5.32 Å². The summed E-state index contributed by atoms with van der Waals surface area (Å²) in [4.78, 5) is 20.0. The summed E-state index contributed by atoms with van der Waals surface area (Å²) in [5, 5.41) is 6.24. The van der Waals surface area contributed by atoms with E-state index in [0.717, 1.165) is 10.7 Å². The van der Waals surface area contributed by atoms with E-state index in [4.69, 9.17) is 11.6 Å². The third-order valence-corrected chi connectivity index (χ3v) is 3.50. The van der Waals surface area contributed by atoms with Crippen LogP contribution in [0.4, 0.5) is 0 Å². The first kappa shape index (κ1) is 13.0. The number of hydrogen-bond acceptors (Lipinski definition) is 4. The largest absolute Gasteiger partial charge is 0.352 e. The Bertz CT molecular complexity index is 556. The van der Waals surface area contributed by atoms with E-state index in [9.17, 15) is 4.79 Å². The Kier molecular flexibility index (Phi) is 4.28. The molecule has 0 unspecified atom stereocenters. The highest BCUT2D eigenvalue weighted by atomic mass is 35.5. The molecule has 4 nitrogen and oxygen atoms in total. The van der Waals surface area contributed by atoms with Crippen molar-refractivity contribution < 1.29 is 4.79 Å². The lowest BCUT2D eigenvalue weighted by atomic mass is 10.2. The predicted molar refractivity (Wildman–Crippen MR) is 72.1 cm³/mol. The van der Waals surface area contributed by atoms with Crippen LogP contribution in [0.25, 0.3) is 0 Å². The fourth-order valence-electron chi connectivity index (χ4n) is 1.47. The van der Waals surface area contributed by atoms with Gasteiger partial charge in [-0.05, 0) is 13.0 Å². The van der Waals surface area contributed by atoms with Crippen molar-refractivity contribution in [2.75, 3.05) is 6.54 Å². The van der Waals surface area contributed by atoms with Crippen LogP contribution in [0.1, 0.15) is 21.1 Å². The standard InChI is InChI=1S/C12H12ClN3OS/c1-8-16-9(7-18-8)2-5-15-12(17)10-6-14-4-3-11(10)13/h3-4,6-7H,2,5H2,1H3,(H,15,17). The molecule has 0 bridgehead atoms. The molecule has 1 N–H and O–H groups in total. The van der Waals surface area contributed by atoms with Crippen LogP contribution in [0.15, 0.2) is 23.8 Å². The Morgan fingerprint density at radius 2 is 2.39 bits per heavy atom. The molecule has 18 heavy (non-hydrogen) atoms. The summed E-state index contributed by atoms with van der Waals surface area (Å²) in [5.41, 5.74) is 1.39. The molecular formula is C12H12ClN3OS. The van der Waals surface area contributed by atoms with Gasteiger partial charge in [0, 0.05) is 30.7 Å². The zero-order valence-corrected chi connectivity index (χ0v) is 11.4. The summed E-state index contributed by atoms with van der Waals surface area (Å²) in [6.45, 7) is 2.50. The maximum absolute atomic E-state index is 11.8. The molecule has 0 saturated carbocycles. The number of thiazole rings is 1. The van der Waals surface area contributed by atoms with Gasteiger partial charge in [-0.2, -0.15) is 0 Å². The molecule has 1 amide bonds. The van der Waals surface area contributed by atoms with Gasteiger partial charge in [0.25, 0.3) is 5.91 Å². The van der Waals surface area contributed by atoms with E-state index in [-0.39, 0.29) is 5.91 Å². The van der Waals surface area contributed by atoms with Crippen molar-refractivity contribution in [2.24, 2.45) is 0 Å². The minimum absolute atomic E-state index is 0.208. The van der Waals surface area contributed by atoms with Crippen molar-refractivity contribution in [3.05, 3.63) is 45.1 Å². The van der Waals surface area contributed by atoms with Crippen LogP contribution in [-0.2, 0) is 6.42 Å². The van der Waals surface area contributed by atoms with E-state index >= 15 is 0 Å². The van der Waals surface area contributed by atoms with Gasteiger partial charge in [0.05, 0.1) is 21.3 Å². The molecule has 0 fully saturated rings. The van der Waals surface area contributed by atoms with Crippen LogP contribution in [0, 0.1) is 6.92 Å². The first-order chi connectivity index (χ1) is 8.66. The number of aryl methyl sites for hydroxylation is 1. The molecular weight excluding hydrogens is 270 g/mol. The predicted octanol–water partition coefficient (Wildman–Crippen LogP) is 2.47. The smallest absolute Gasteiger partial charge is 0.254 e. The maximum Gasteiger partial charge on any atom is 0.254 e. The maximum atomic E-state index is 11.8. The van der Waals surface area contributed by atoms with Crippen LogP contribution in [0.5, 0.6) is 0 Å². The van der Waals surface area contributed by atoms with Crippen LogP contribution in [0.2, 0.25) is 5.02 Å². The molecule has 2 heterocycles. The lowest BCUT2D eigenvalue weighted by Crippen LogP contribution is -2.26. The van der Waals surface area contributed by atoms with E-state index in [0.29, 0.717) is 23.6 Å². The van der Waals surface area contributed by atoms with Gasteiger partial charge in [-0.1, -0.05) is 11.6 Å². The first-order valence-electron chi connectivity index (χ1n) is 5.45. The molecule has 0 saturated heterocycles. The van der Waals surface area contributed by atoms with Crippen molar-refractivity contribution in [3.8, 4) is 0 Å². The van der Waals surface area contributed by atoms with Crippen LogP contribution < -0.4 is 5.32 Å². The number of hydrogen-bond donors (Lipinski definition) is 1. The lowest BCUT2D eigenvalue weighted by molar-refractivity contribution is 0.0954. The quantitative estimate of drug-likeness (QED) is 0.937. The Hall–Kier alpha value is -1.46. The number of aromatic nitrogens is 2. The Morgan fingerprint density at radius 3 is 3.06 bits per heavy atom. The van der Waals surface area contributed by atoms with Crippen molar-refractivity contribution in [1.29, 1.82) is 0 Å². The highest BCUT2D eigenvalue weighted by Crippen LogP contribution is 2.13. The van der Waals surface area contributed by atoms with Gasteiger partial charge in [0.15, 0.2) is 0 Å². The van der Waals surface area contributed by atoms with Crippen molar-refractivity contribution >= 4 is 28.8 Å². The van der Waals surface area contributed by atoms with Crippen molar-refractivity contribution in [2.45, 2.75) is 13.3 Å². The Balaban J connectivity index is 1.87. The summed E-state index contributed by atoms with van der Waals surface area (Å²) >= 11 is 7.51. The second-order valence-corrected chi connectivity index (χ2v) is 5.19. The summed E-state index contributed by atoms with van der Waals surface area (Å²) in [5.74, 6) is -0.208. The second kappa shape index (κ2) is 5.93. The van der Waals surface area contributed by atoms with Crippen LogP contribution >= 0.6 is 22.9 Å². The number of amides is 1. The fraction of sp³-hybridized carbons (Fsp3) is 0.250. The zero-order valence-electron chi connectivity index (χ0n) is 9.81. The molecule has 0 aliphatic heterocycles. The topological polar surface area (TPSA) is 54.9 Å². The first-order valence-corrected chi connectivity index (χ1v) is 6.71. The number of carbonyl (C=O) groups excluding carboxylic acids is 1.